The molecule has 0 radical (unpaired) electrons. The predicted octanol–water partition coefficient (Wildman–Crippen LogP) is 0.371. The van der Waals surface area contributed by atoms with E-state index in [4.69, 9.17) is 9.84 Å². The van der Waals surface area contributed by atoms with Crippen LogP contribution >= 0.6 is 22.6 Å². The van der Waals surface area contributed by atoms with Crippen LogP contribution in [-0.2, 0) is 9.53 Å². The molecule has 0 unspecified atom stereocenters. The van der Waals surface area contributed by atoms with Crippen molar-refractivity contribution >= 4 is 34.7 Å². The Morgan fingerprint density at radius 1 is 1.69 bits per heavy atom. The van der Waals surface area contributed by atoms with Gasteiger partial charge in [-0.2, -0.15) is 0 Å². The van der Waals surface area contributed by atoms with Crippen LogP contribution in [0.25, 0.3) is 0 Å². The lowest BCUT2D eigenvalue weighted by Crippen LogP contribution is -2.28. The van der Waals surface area contributed by atoms with Gasteiger partial charge in [-0.1, -0.05) is 22.6 Å². The van der Waals surface area contributed by atoms with Crippen molar-refractivity contribution in [2.24, 2.45) is 5.92 Å². The maximum atomic E-state index is 10.8. The van der Waals surface area contributed by atoms with E-state index in [0.29, 0.717) is 6.42 Å². The van der Waals surface area contributed by atoms with E-state index in [1.54, 1.807) is 0 Å². The number of hydrogen-bond acceptors (Lipinski definition) is 3. The Morgan fingerprint density at radius 3 is 2.92 bits per heavy atom. The van der Waals surface area contributed by atoms with Crippen molar-refractivity contribution in [3.8, 4) is 0 Å². The standard InChI is InChI=1S/C7H8INO4/c8-4-2(6(10)11)1-3-5(4)13-7(12)9-3/h2-5H,1H2,(H,9,12)(H,10,11)/t2-,3+,4+,5+/m0/s1. The third kappa shape index (κ3) is 1.36. The molecule has 0 aromatic rings. The van der Waals surface area contributed by atoms with E-state index in [2.05, 4.69) is 5.32 Å². The molecule has 72 valence electrons. The molecule has 1 heterocycles. The van der Waals surface area contributed by atoms with Gasteiger partial charge >= 0.3 is 12.1 Å². The zero-order valence-electron chi connectivity index (χ0n) is 6.57. The first-order chi connectivity index (χ1) is 6.09. The molecule has 0 spiro atoms. The molecule has 1 aliphatic carbocycles. The Balaban J connectivity index is 2.13. The number of carbonyl (C=O) groups excluding carboxylic acids is 1. The number of hydrogen-bond donors (Lipinski definition) is 2. The first kappa shape index (κ1) is 9.04. The molecule has 0 bridgehead atoms. The molecule has 5 nitrogen and oxygen atoms in total. The molecule has 13 heavy (non-hydrogen) atoms. The number of rotatable bonds is 1. The number of carboxylic acids is 1. The molecule has 2 fully saturated rings. The van der Waals surface area contributed by atoms with E-state index in [-0.39, 0.29) is 16.1 Å². The van der Waals surface area contributed by atoms with Crippen LogP contribution in [0.4, 0.5) is 4.79 Å². The monoisotopic (exact) mass is 297 g/mol. The van der Waals surface area contributed by atoms with Crippen molar-refractivity contribution in [2.75, 3.05) is 0 Å². The van der Waals surface area contributed by atoms with Gasteiger partial charge in [-0.05, 0) is 6.42 Å². The van der Waals surface area contributed by atoms with Gasteiger partial charge in [0.05, 0.1) is 15.9 Å². The average Bonchev–Trinajstić information content (AvgIpc) is 2.51. The Morgan fingerprint density at radius 2 is 2.38 bits per heavy atom. The molecule has 1 amide bonds. The normalized spacial score (nSPS) is 42.4. The summed E-state index contributed by atoms with van der Waals surface area (Å²) in [6.45, 7) is 0. The first-order valence-corrected chi connectivity index (χ1v) is 5.18. The van der Waals surface area contributed by atoms with Gasteiger partial charge in [0.25, 0.3) is 0 Å². The molecule has 0 aromatic heterocycles. The molecule has 2 rings (SSSR count). The predicted molar refractivity (Wildman–Crippen MR) is 50.7 cm³/mol. The highest BCUT2D eigenvalue weighted by atomic mass is 127. The van der Waals surface area contributed by atoms with Crippen LogP contribution in [0.5, 0.6) is 0 Å². The Labute approximate surface area is 88.0 Å². The lowest BCUT2D eigenvalue weighted by atomic mass is 10.1. The molecule has 6 heteroatoms. The summed E-state index contributed by atoms with van der Waals surface area (Å²) in [5.74, 6) is -1.22. The highest BCUT2D eigenvalue weighted by Gasteiger charge is 2.51. The van der Waals surface area contributed by atoms with E-state index in [1.807, 2.05) is 22.6 Å². The van der Waals surface area contributed by atoms with E-state index in [0.717, 1.165) is 0 Å². The number of nitrogens with one attached hydrogen (secondary N) is 1. The highest BCUT2D eigenvalue weighted by Crippen LogP contribution is 2.37. The second-order valence-corrected chi connectivity index (χ2v) is 4.68. The van der Waals surface area contributed by atoms with Crippen molar-refractivity contribution in [3.05, 3.63) is 0 Å². The van der Waals surface area contributed by atoms with Crippen LogP contribution in [-0.4, -0.2) is 33.2 Å². The van der Waals surface area contributed by atoms with Crippen LogP contribution in [0.15, 0.2) is 0 Å². The molecule has 2 aliphatic rings. The quantitative estimate of drug-likeness (QED) is 0.542. The molecular formula is C7H8INO4. The zero-order valence-corrected chi connectivity index (χ0v) is 8.72. The van der Waals surface area contributed by atoms with E-state index >= 15 is 0 Å². The van der Waals surface area contributed by atoms with Gasteiger partial charge in [-0.15, -0.1) is 0 Å². The van der Waals surface area contributed by atoms with Gasteiger partial charge < -0.3 is 15.2 Å². The number of ether oxygens (including phenoxy) is 1. The molecule has 1 saturated heterocycles. The van der Waals surface area contributed by atoms with Gasteiger partial charge in [0, 0.05) is 0 Å². The molecule has 0 aromatic carbocycles. The molecule has 1 saturated carbocycles. The van der Waals surface area contributed by atoms with Crippen molar-refractivity contribution < 1.29 is 19.4 Å². The minimum absolute atomic E-state index is 0.115. The van der Waals surface area contributed by atoms with Gasteiger partial charge in [-0.25, -0.2) is 4.79 Å². The first-order valence-electron chi connectivity index (χ1n) is 3.93. The molecule has 1 aliphatic heterocycles. The van der Waals surface area contributed by atoms with Gasteiger partial charge in [0.2, 0.25) is 0 Å². The third-order valence-electron chi connectivity index (χ3n) is 2.47. The van der Waals surface area contributed by atoms with E-state index < -0.39 is 18.0 Å². The SMILES string of the molecule is O=C1N[C@@H]2C[C@H](C(=O)O)[C@@H](I)[C@@H]2O1. The van der Waals surface area contributed by atoms with E-state index in [1.165, 1.54) is 0 Å². The van der Waals surface area contributed by atoms with Crippen molar-refractivity contribution in [1.29, 1.82) is 0 Å². The summed E-state index contributed by atoms with van der Waals surface area (Å²) < 4.78 is 4.83. The van der Waals surface area contributed by atoms with Crippen LogP contribution < -0.4 is 5.32 Å². The van der Waals surface area contributed by atoms with Crippen LogP contribution in [0.1, 0.15) is 6.42 Å². The third-order valence-corrected chi connectivity index (χ3v) is 4.04. The second kappa shape index (κ2) is 3.00. The zero-order chi connectivity index (χ0) is 9.59. The number of alkyl carbamates (subject to hydrolysis) is 1. The summed E-state index contributed by atoms with van der Waals surface area (Å²) in [5.41, 5.74) is 0. The summed E-state index contributed by atoms with van der Waals surface area (Å²) in [4.78, 5) is 21.5. The highest BCUT2D eigenvalue weighted by molar-refractivity contribution is 14.1. The number of halogens is 1. The van der Waals surface area contributed by atoms with Crippen LogP contribution in [0.2, 0.25) is 0 Å². The summed E-state index contributed by atoms with van der Waals surface area (Å²) in [6.07, 6.45) is -0.228. The summed E-state index contributed by atoms with van der Waals surface area (Å²) >= 11 is 2.04. The number of alkyl halides is 1. The lowest BCUT2D eigenvalue weighted by molar-refractivity contribution is -0.141. The van der Waals surface area contributed by atoms with Crippen molar-refractivity contribution in [2.45, 2.75) is 22.5 Å². The Bertz CT molecular complexity index is 269. The molecule has 4 atom stereocenters. The Hall–Kier alpha value is -0.530. The number of aliphatic carboxylic acids is 1. The lowest BCUT2D eigenvalue weighted by Gasteiger charge is -2.12. The Kier molecular flexibility index (Phi) is 2.09. The topological polar surface area (TPSA) is 75.6 Å². The smallest absolute Gasteiger partial charge is 0.407 e. The summed E-state index contributed by atoms with van der Waals surface area (Å²) in [7, 11) is 0. The fourth-order valence-corrected chi connectivity index (χ4v) is 3.07. The minimum Gasteiger partial charge on any atom is -0.481 e. The second-order valence-electron chi connectivity index (χ2n) is 3.25. The number of amides is 1. The number of fused-ring (bicyclic) bond motifs is 1. The molecular weight excluding hydrogens is 289 g/mol. The van der Waals surface area contributed by atoms with Crippen molar-refractivity contribution in [1.82, 2.24) is 5.32 Å². The summed E-state index contributed by atoms with van der Waals surface area (Å²) in [5, 5.41) is 11.4. The average molecular weight is 297 g/mol. The van der Waals surface area contributed by atoms with Crippen LogP contribution in [0.3, 0.4) is 0 Å². The van der Waals surface area contributed by atoms with Crippen molar-refractivity contribution in [3.63, 3.8) is 0 Å². The van der Waals surface area contributed by atoms with E-state index in [9.17, 15) is 9.59 Å². The number of carboxylic acid groups (broad SMARTS) is 1. The fourth-order valence-electron chi connectivity index (χ4n) is 1.82. The fraction of sp³-hybridized carbons (Fsp3) is 0.714. The molecule has 2 N–H and O–H groups in total. The summed E-state index contributed by atoms with van der Waals surface area (Å²) in [6, 6.07) is -0.115. The maximum absolute atomic E-state index is 10.8. The largest absolute Gasteiger partial charge is 0.481 e. The number of carbonyl (C=O) groups is 2. The van der Waals surface area contributed by atoms with Gasteiger partial charge in [0.15, 0.2) is 0 Å². The minimum atomic E-state index is -0.813. The maximum Gasteiger partial charge on any atom is 0.407 e. The van der Waals surface area contributed by atoms with Crippen LogP contribution in [0, 0.1) is 5.92 Å². The van der Waals surface area contributed by atoms with Gasteiger partial charge in [-0.3, -0.25) is 4.79 Å². The van der Waals surface area contributed by atoms with Gasteiger partial charge in [0.1, 0.15) is 6.10 Å².